The van der Waals surface area contributed by atoms with Gasteiger partial charge in [-0.3, -0.25) is 0 Å². The van der Waals surface area contributed by atoms with E-state index in [4.69, 9.17) is 9.84 Å². The Kier molecular flexibility index (Phi) is 5.76. The van der Waals surface area contributed by atoms with Gasteiger partial charge in [-0.2, -0.15) is 0 Å². The minimum Gasteiger partial charge on any atom is -0.478 e. The second kappa shape index (κ2) is 7.09. The number of pyridine rings is 1. The topological polar surface area (TPSA) is 62.7 Å². The van der Waals surface area contributed by atoms with Gasteiger partial charge in [0.1, 0.15) is 5.82 Å². The molecule has 0 saturated carbocycles. The molecule has 1 heterocycles. The summed E-state index contributed by atoms with van der Waals surface area (Å²) in [6.45, 7) is 7.28. The number of ether oxygens (including phenoxy) is 1. The molecular formula is C14H22N2O3. The van der Waals surface area contributed by atoms with E-state index >= 15 is 0 Å². The highest BCUT2D eigenvalue weighted by Gasteiger charge is 2.16. The van der Waals surface area contributed by atoms with Crippen LogP contribution in [0, 0.1) is 6.92 Å². The summed E-state index contributed by atoms with van der Waals surface area (Å²) in [5.41, 5.74) is 0.980. The molecule has 5 nitrogen and oxygen atoms in total. The summed E-state index contributed by atoms with van der Waals surface area (Å²) in [5, 5.41) is 9.12. The third kappa shape index (κ3) is 4.21. The highest BCUT2D eigenvalue weighted by atomic mass is 16.5. The largest absolute Gasteiger partial charge is 0.478 e. The van der Waals surface area contributed by atoms with E-state index in [1.807, 2.05) is 0 Å². The van der Waals surface area contributed by atoms with Crippen LogP contribution in [0.25, 0.3) is 0 Å². The van der Waals surface area contributed by atoms with Crippen LogP contribution in [-0.4, -0.2) is 42.4 Å². The molecule has 0 amide bonds. The Morgan fingerprint density at radius 3 is 2.74 bits per heavy atom. The normalized spacial score (nSPS) is 12.2. The van der Waals surface area contributed by atoms with Crippen molar-refractivity contribution in [3.8, 4) is 0 Å². The summed E-state index contributed by atoms with van der Waals surface area (Å²) < 4.78 is 5.11. The van der Waals surface area contributed by atoms with Crippen molar-refractivity contribution in [1.29, 1.82) is 0 Å². The van der Waals surface area contributed by atoms with Gasteiger partial charge < -0.3 is 14.7 Å². The molecule has 0 radical (unpaired) electrons. The Bertz CT molecular complexity index is 435. The predicted molar refractivity (Wildman–Crippen MR) is 74.9 cm³/mol. The maximum Gasteiger partial charge on any atom is 0.335 e. The molecule has 0 saturated heterocycles. The van der Waals surface area contributed by atoms with E-state index in [0.29, 0.717) is 24.7 Å². The molecule has 0 fully saturated rings. The molecule has 1 aromatic rings. The van der Waals surface area contributed by atoms with E-state index in [2.05, 4.69) is 23.7 Å². The lowest BCUT2D eigenvalue weighted by Crippen LogP contribution is -2.36. The molecule has 0 aromatic carbocycles. The average molecular weight is 266 g/mol. The third-order valence-corrected chi connectivity index (χ3v) is 3.14. The summed E-state index contributed by atoms with van der Waals surface area (Å²) in [6, 6.07) is 3.49. The molecule has 0 spiro atoms. The van der Waals surface area contributed by atoms with E-state index in [0.717, 1.165) is 6.42 Å². The molecule has 0 aliphatic heterocycles. The van der Waals surface area contributed by atoms with Crippen molar-refractivity contribution in [2.45, 2.75) is 33.2 Å². The van der Waals surface area contributed by atoms with Crippen LogP contribution < -0.4 is 4.90 Å². The minimum absolute atomic E-state index is 0.271. The molecule has 0 aliphatic rings. The minimum atomic E-state index is -0.928. The SMILES string of the molecule is CCC(C)N(CCOC)c1cc(C(=O)O)cc(C)n1. The van der Waals surface area contributed by atoms with E-state index in [-0.39, 0.29) is 11.6 Å². The standard InChI is InChI=1S/C14H22N2O3/c1-5-11(3)16(6-7-19-4)13-9-12(14(17)18)8-10(2)15-13/h8-9,11H,5-7H2,1-4H3,(H,17,18). The molecule has 106 valence electrons. The van der Waals surface area contributed by atoms with Crippen molar-refractivity contribution in [3.05, 3.63) is 23.4 Å². The molecular weight excluding hydrogens is 244 g/mol. The van der Waals surface area contributed by atoms with E-state index in [9.17, 15) is 4.79 Å². The fourth-order valence-electron chi connectivity index (χ4n) is 1.89. The first kappa shape index (κ1) is 15.4. The Hall–Kier alpha value is -1.62. The molecule has 0 bridgehead atoms. The van der Waals surface area contributed by atoms with Gasteiger partial charge in [0.05, 0.1) is 12.2 Å². The highest BCUT2D eigenvalue weighted by Crippen LogP contribution is 2.19. The van der Waals surface area contributed by atoms with Crippen molar-refractivity contribution < 1.29 is 14.6 Å². The van der Waals surface area contributed by atoms with Crippen LogP contribution in [0.3, 0.4) is 0 Å². The number of methoxy groups -OCH3 is 1. The van der Waals surface area contributed by atoms with Gasteiger partial charge >= 0.3 is 5.97 Å². The quantitative estimate of drug-likeness (QED) is 0.820. The molecule has 5 heteroatoms. The van der Waals surface area contributed by atoms with Crippen LogP contribution in [0.1, 0.15) is 36.3 Å². The molecule has 1 rings (SSSR count). The second-order valence-corrected chi connectivity index (χ2v) is 4.60. The van der Waals surface area contributed by atoms with Gasteiger partial charge in [0.15, 0.2) is 0 Å². The Morgan fingerprint density at radius 2 is 2.21 bits per heavy atom. The Labute approximate surface area is 114 Å². The number of anilines is 1. The van der Waals surface area contributed by atoms with Crippen molar-refractivity contribution >= 4 is 11.8 Å². The maximum atomic E-state index is 11.1. The van der Waals surface area contributed by atoms with Gasteiger partial charge in [-0.15, -0.1) is 0 Å². The summed E-state index contributed by atoms with van der Waals surface area (Å²) >= 11 is 0. The number of aromatic carboxylic acids is 1. The molecule has 0 aliphatic carbocycles. The zero-order valence-electron chi connectivity index (χ0n) is 12.0. The average Bonchev–Trinajstić information content (AvgIpc) is 2.38. The van der Waals surface area contributed by atoms with E-state index in [1.54, 1.807) is 26.2 Å². The van der Waals surface area contributed by atoms with Gasteiger partial charge in [-0.25, -0.2) is 9.78 Å². The summed E-state index contributed by atoms with van der Waals surface area (Å²) in [4.78, 5) is 17.6. The van der Waals surface area contributed by atoms with E-state index in [1.165, 1.54) is 0 Å². The molecule has 1 atom stereocenters. The lowest BCUT2D eigenvalue weighted by atomic mass is 10.2. The number of carbonyl (C=O) groups is 1. The van der Waals surface area contributed by atoms with Crippen molar-refractivity contribution in [1.82, 2.24) is 4.98 Å². The maximum absolute atomic E-state index is 11.1. The van der Waals surface area contributed by atoms with Crippen LogP contribution >= 0.6 is 0 Å². The fourth-order valence-corrected chi connectivity index (χ4v) is 1.89. The number of nitrogens with zero attached hydrogens (tertiary/aromatic N) is 2. The first-order chi connectivity index (χ1) is 8.99. The number of carboxylic acids is 1. The third-order valence-electron chi connectivity index (χ3n) is 3.14. The zero-order chi connectivity index (χ0) is 14.4. The van der Waals surface area contributed by atoms with Crippen LogP contribution in [0.4, 0.5) is 5.82 Å². The lowest BCUT2D eigenvalue weighted by molar-refractivity contribution is 0.0696. The Morgan fingerprint density at radius 1 is 1.53 bits per heavy atom. The Balaban J connectivity index is 3.10. The van der Waals surface area contributed by atoms with Crippen LogP contribution in [-0.2, 0) is 4.74 Å². The van der Waals surface area contributed by atoms with E-state index < -0.39 is 5.97 Å². The number of aromatic nitrogens is 1. The number of rotatable bonds is 7. The van der Waals surface area contributed by atoms with Gasteiger partial charge in [-0.1, -0.05) is 6.92 Å². The van der Waals surface area contributed by atoms with Gasteiger partial charge in [0.2, 0.25) is 0 Å². The first-order valence-corrected chi connectivity index (χ1v) is 6.47. The zero-order valence-corrected chi connectivity index (χ0v) is 12.0. The number of aryl methyl sites for hydroxylation is 1. The van der Waals surface area contributed by atoms with Crippen LogP contribution in [0.15, 0.2) is 12.1 Å². The highest BCUT2D eigenvalue weighted by molar-refractivity contribution is 5.88. The summed E-state index contributed by atoms with van der Waals surface area (Å²) in [6.07, 6.45) is 0.960. The monoisotopic (exact) mass is 266 g/mol. The van der Waals surface area contributed by atoms with Crippen molar-refractivity contribution in [2.75, 3.05) is 25.2 Å². The second-order valence-electron chi connectivity index (χ2n) is 4.60. The van der Waals surface area contributed by atoms with Crippen molar-refractivity contribution in [3.63, 3.8) is 0 Å². The smallest absolute Gasteiger partial charge is 0.335 e. The first-order valence-electron chi connectivity index (χ1n) is 6.47. The molecule has 1 aromatic heterocycles. The number of hydrogen-bond acceptors (Lipinski definition) is 4. The van der Waals surface area contributed by atoms with Crippen molar-refractivity contribution in [2.24, 2.45) is 0 Å². The van der Waals surface area contributed by atoms with Gasteiger partial charge in [0, 0.05) is 25.4 Å². The number of carboxylic acid groups (broad SMARTS) is 1. The molecule has 19 heavy (non-hydrogen) atoms. The summed E-state index contributed by atoms with van der Waals surface area (Å²) in [7, 11) is 1.65. The lowest BCUT2D eigenvalue weighted by Gasteiger charge is -2.30. The van der Waals surface area contributed by atoms with Crippen LogP contribution in [0.5, 0.6) is 0 Å². The molecule has 1 N–H and O–H groups in total. The fraction of sp³-hybridized carbons (Fsp3) is 0.571. The number of hydrogen-bond donors (Lipinski definition) is 1. The van der Waals surface area contributed by atoms with Gasteiger partial charge in [-0.05, 0) is 32.4 Å². The summed E-state index contributed by atoms with van der Waals surface area (Å²) in [5.74, 6) is -0.230. The van der Waals surface area contributed by atoms with Crippen LogP contribution in [0.2, 0.25) is 0 Å². The predicted octanol–water partition coefficient (Wildman–Crippen LogP) is 2.34. The van der Waals surface area contributed by atoms with Gasteiger partial charge in [0.25, 0.3) is 0 Å². The molecule has 1 unspecified atom stereocenters.